The van der Waals surface area contributed by atoms with E-state index in [-0.39, 0.29) is 61.5 Å². The van der Waals surface area contributed by atoms with Gasteiger partial charge in [-0.3, -0.25) is 14.4 Å². The molecule has 0 radical (unpaired) electrons. The van der Waals surface area contributed by atoms with Crippen molar-refractivity contribution in [2.45, 2.75) is 92.0 Å². The highest BCUT2D eigenvalue weighted by Gasteiger charge is 2.44. The quantitative estimate of drug-likeness (QED) is 0.632. The lowest BCUT2D eigenvalue weighted by molar-refractivity contribution is -0.165. The second-order valence-corrected chi connectivity index (χ2v) is 9.63. The fourth-order valence-corrected chi connectivity index (χ4v) is 4.70. The summed E-state index contributed by atoms with van der Waals surface area (Å²) in [6, 6.07) is 0. The Morgan fingerprint density at radius 1 is 1.29 bits per heavy atom. The first kappa shape index (κ1) is 25.3. The molecule has 0 bridgehead atoms. The van der Waals surface area contributed by atoms with Crippen LogP contribution in [0.4, 0.5) is 0 Å². The maximum absolute atomic E-state index is 12.8. The largest absolute Gasteiger partial charge is 0.462 e. The number of hydrogen-bond donors (Lipinski definition) is 1. The molecule has 6 atom stereocenters. The Hall–Kier alpha value is -1.95. The molecule has 0 unspecified atom stereocenters. The number of allylic oxidation sites excluding steroid dienone is 2. The number of aliphatic hydroxyl groups is 1. The van der Waals surface area contributed by atoms with E-state index in [1.54, 1.807) is 6.08 Å². The van der Waals surface area contributed by atoms with Gasteiger partial charge in [0.2, 0.25) is 0 Å². The van der Waals surface area contributed by atoms with Crippen molar-refractivity contribution in [3.63, 3.8) is 0 Å². The molecule has 31 heavy (non-hydrogen) atoms. The summed E-state index contributed by atoms with van der Waals surface area (Å²) in [7, 11) is 0. The predicted octanol–water partition coefficient (Wildman–Crippen LogP) is 4.15. The minimum atomic E-state index is -0.667. The summed E-state index contributed by atoms with van der Waals surface area (Å²) in [5, 5.41) is 9.88. The zero-order valence-electron chi connectivity index (χ0n) is 18.4. The van der Waals surface area contributed by atoms with Crippen molar-refractivity contribution in [2.75, 3.05) is 0 Å². The van der Waals surface area contributed by atoms with Crippen molar-refractivity contribution in [3.05, 3.63) is 23.8 Å². The average molecular weight is 435 g/mol. The van der Waals surface area contributed by atoms with Crippen LogP contribution in [0.15, 0.2) is 23.8 Å². The maximum Gasteiger partial charge on any atom is 0.311 e. The van der Waals surface area contributed by atoms with E-state index in [0.717, 1.165) is 5.57 Å². The first-order chi connectivity index (χ1) is 14.1. The number of cyclic esters (lactones) is 1. The zero-order valence-corrected chi connectivity index (χ0v) is 18.4. The fourth-order valence-electron chi connectivity index (χ4n) is 4.70. The lowest BCUT2D eigenvalue weighted by atomic mass is 9.65. The molecule has 0 aromatic heterocycles. The molecule has 3 rings (SSSR count). The van der Waals surface area contributed by atoms with Crippen LogP contribution in [0.25, 0.3) is 0 Å². The summed E-state index contributed by atoms with van der Waals surface area (Å²) in [6.07, 6.45) is 7.36. The lowest BCUT2D eigenvalue weighted by Crippen LogP contribution is -2.44. The van der Waals surface area contributed by atoms with Gasteiger partial charge < -0.3 is 14.6 Å². The Kier molecular flexibility index (Phi) is 8.26. The van der Waals surface area contributed by atoms with Crippen LogP contribution < -0.4 is 0 Å². The van der Waals surface area contributed by atoms with E-state index in [9.17, 15) is 19.5 Å². The minimum Gasteiger partial charge on any atom is -0.462 e. The minimum absolute atomic E-state index is 0. The molecule has 6 heteroatoms. The fraction of sp³-hybridized carbons (Fsp3) is 0.720. The van der Waals surface area contributed by atoms with Gasteiger partial charge in [0, 0.05) is 24.7 Å². The van der Waals surface area contributed by atoms with Crippen LogP contribution in [0.5, 0.6) is 0 Å². The zero-order chi connectivity index (χ0) is 22.1. The molecular formula is C25H38O6. The third-order valence-corrected chi connectivity index (χ3v) is 7.08. The topological polar surface area (TPSA) is 89.9 Å². The highest BCUT2D eigenvalue weighted by atomic mass is 16.6. The molecule has 6 nitrogen and oxygen atoms in total. The van der Waals surface area contributed by atoms with Gasteiger partial charge in [-0.15, -0.1) is 0 Å². The summed E-state index contributed by atoms with van der Waals surface area (Å²) < 4.78 is 11.4. The monoisotopic (exact) mass is 434 g/mol. The molecule has 0 saturated carbocycles. The molecule has 1 aliphatic heterocycles. The van der Waals surface area contributed by atoms with Crippen molar-refractivity contribution >= 4 is 17.7 Å². The molecule has 2 aliphatic carbocycles. The van der Waals surface area contributed by atoms with E-state index in [4.69, 9.17) is 9.47 Å². The molecule has 0 aromatic rings. The number of hydrogen-bond acceptors (Lipinski definition) is 6. The van der Waals surface area contributed by atoms with E-state index in [2.05, 4.69) is 0 Å². The number of aliphatic hydroxyl groups excluding tert-OH is 1. The third-order valence-electron chi connectivity index (χ3n) is 7.08. The van der Waals surface area contributed by atoms with Crippen LogP contribution in [0, 0.1) is 23.2 Å². The molecular weight excluding hydrogens is 396 g/mol. The van der Waals surface area contributed by atoms with Crippen molar-refractivity contribution in [3.8, 4) is 0 Å². The van der Waals surface area contributed by atoms with Crippen LogP contribution in [0.3, 0.4) is 0 Å². The van der Waals surface area contributed by atoms with E-state index in [0.29, 0.717) is 32.1 Å². The summed E-state index contributed by atoms with van der Waals surface area (Å²) in [5.74, 6) is -0.767. The Balaban J connectivity index is 0.00000341. The molecule has 0 aromatic carbocycles. The average Bonchev–Trinajstić information content (AvgIpc) is 2.67. The van der Waals surface area contributed by atoms with Gasteiger partial charge in [0.15, 0.2) is 5.78 Å². The van der Waals surface area contributed by atoms with E-state index >= 15 is 0 Å². The highest BCUT2D eigenvalue weighted by molar-refractivity contribution is 5.94. The van der Waals surface area contributed by atoms with Crippen LogP contribution in [0.2, 0.25) is 0 Å². The van der Waals surface area contributed by atoms with Crippen LogP contribution in [-0.4, -0.2) is 41.1 Å². The standard InChI is InChI=1S/C24H34O6.CH4/c1-5-24(3,4)23(28)30-20-8-6-7-15-11-19(26)14(2)18(22(15)20)10-9-17-12-16(25)13-21(27)29-17;/h6-7,11,14,16-18,20,22,25H,5,8-10,12-13H2,1-4H3;1H4/t14-,16-,17-,18+,20+,22+;/m1./s1. The molecule has 1 fully saturated rings. The molecule has 1 heterocycles. The first-order valence-electron chi connectivity index (χ1n) is 11.1. The number of carbonyl (C=O) groups is 3. The molecule has 0 amide bonds. The Labute approximate surface area is 186 Å². The summed E-state index contributed by atoms with van der Waals surface area (Å²) in [6.45, 7) is 7.67. The second-order valence-electron chi connectivity index (χ2n) is 9.63. The smallest absolute Gasteiger partial charge is 0.311 e. The Bertz CT molecular complexity index is 749. The van der Waals surface area contributed by atoms with Crippen molar-refractivity contribution in [1.29, 1.82) is 0 Å². The predicted molar refractivity (Wildman–Crippen MR) is 118 cm³/mol. The Morgan fingerprint density at radius 3 is 2.65 bits per heavy atom. The van der Waals surface area contributed by atoms with E-state index < -0.39 is 11.5 Å². The maximum atomic E-state index is 12.8. The van der Waals surface area contributed by atoms with Crippen molar-refractivity contribution < 1.29 is 29.0 Å². The van der Waals surface area contributed by atoms with Gasteiger partial charge in [-0.1, -0.05) is 33.4 Å². The molecule has 1 N–H and O–H groups in total. The van der Waals surface area contributed by atoms with Gasteiger partial charge in [-0.2, -0.15) is 0 Å². The van der Waals surface area contributed by atoms with Gasteiger partial charge in [0.05, 0.1) is 17.9 Å². The number of rotatable bonds is 6. The summed E-state index contributed by atoms with van der Waals surface area (Å²) >= 11 is 0. The van der Waals surface area contributed by atoms with Crippen LogP contribution >= 0.6 is 0 Å². The van der Waals surface area contributed by atoms with Gasteiger partial charge >= 0.3 is 11.9 Å². The normalized spacial score (nSPS) is 33.0. The number of fused-ring (bicyclic) bond motifs is 1. The highest BCUT2D eigenvalue weighted by Crippen LogP contribution is 2.44. The molecule has 0 spiro atoms. The molecule has 1 saturated heterocycles. The molecule has 3 aliphatic rings. The van der Waals surface area contributed by atoms with E-state index in [1.807, 2.05) is 39.8 Å². The number of esters is 2. The number of ether oxygens (including phenoxy) is 2. The number of ketones is 1. The molecule has 174 valence electrons. The SMILES string of the molecule is C.CCC(C)(C)C(=O)O[C@H]1CC=CC2=CC(=O)[C@H](C)[C@H](CC[C@@H]3C[C@@H](O)CC(=O)O3)[C@H]21. The van der Waals surface area contributed by atoms with Gasteiger partial charge in [-0.25, -0.2) is 0 Å². The second kappa shape index (κ2) is 10.1. The van der Waals surface area contributed by atoms with Crippen molar-refractivity contribution in [2.24, 2.45) is 23.2 Å². The summed E-state index contributed by atoms with van der Waals surface area (Å²) in [5.41, 5.74) is 0.366. The third kappa shape index (κ3) is 5.65. The van der Waals surface area contributed by atoms with Crippen molar-refractivity contribution in [1.82, 2.24) is 0 Å². The van der Waals surface area contributed by atoms with E-state index in [1.165, 1.54) is 0 Å². The lowest BCUT2D eigenvalue weighted by Gasteiger charge is -2.42. The summed E-state index contributed by atoms with van der Waals surface area (Å²) in [4.78, 5) is 37.0. The van der Waals surface area contributed by atoms with Crippen LogP contribution in [0.1, 0.15) is 73.6 Å². The number of carbonyl (C=O) groups excluding carboxylic acids is 3. The van der Waals surface area contributed by atoms with Gasteiger partial charge in [-0.05, 0) is 50.7 Å². The Morgan fingerprint density at radius 2 is 2.00 bits per heavy atom. The van der Waals surface area contributed by atoms with Gasteiger partial charge in [0.1, 0.15) is 12.2 Å². The van der Waals surface area contributed by atoms with Gasteiger partial charge in [0.25, 0.3) is 0 Å². The van der Waals surface area contributed by atoms with Crippen LogP contribution in [-0.2, 0) is 23.9 Å². The first-order valence-corrected chi connectivity index (χ1v) is 11.1.